The third kappa shape index (κ3) is 9.15. The summed E-state index contributed by atoms with van der Waals surface area (Å²) >= 11 is 0. The van der Waals surface area contributed by atoms with E-state index in [1.165, 1.54) is 0 Å². The minimum atomic E-state index is -1.18. The fourth-order valence-corrected chi connectivity index (χ4v) is 2.61. The van der Waals surface area contributed by atoms with Crippen LogP contribution in [0.4, 0.5) is 0 Å². The molecule has 0 heterocycles. The first kappa shape index (κ1) is 24.6. The summed E-state index contributed by atoms with van der Waals surface area (Å²) < 4.78 is 0. The van der Waals surface area contributed by atoms with Crippen LogP contribution in [0.25, 0.3) is 0 Å². The summed E-state index contributed by atoms with van der Waals surface area (Å²) in [5.41, 5.74) is 22.0. The Bertz CT molecular complexity index is 770. The number of carbonyl (C=O) groups is 5. The second kappa shape index (κ2) is 12.2. The average molecular weight is 420 g/mol. The highest BCUT2D eigenvalue weighted by molar-refractivity contribution is 5.93. The topological polar surface area (TPSA) is 213 Å². The number of nitrogens with two attached hydrogens (primary N) is 4. The van der Waals surface area contributed by atoms with Crippen LogP contribution in [-0.4, -0.2) is 47.7 Å². The highest BCUT2D eigenvalue weighted by Gasteiger charge is 2.27. The minimum absolute atomic E-state index is 0.0107. The highest BCUT2D eigenvalue weighted by Crippen LogP contribution is 2.05. The standard InChI is InChI=1S/C19H28N6O5/c20-12(6-8-15(21)26)18(29)24-13(7-9-16(22)27)19(30)25-14(17(23)28)10-11-4-2-1-3-5-11/h1-5,12-14H,6-10,20H2,(H2,21,26)(H2,22,27)(H2,23,28)(H,24,29)(H,25,30)/t12-,13-,14-/m0/s1. The maximum atomic E-state index is 12.7. The molecule has 0 bridgehead atoms. The van der Waals surface area contributed by atoms with Gasteiger partial charge in [-0.05, 0) is 18.4 Å². The van der Waals surface area contributed by atoms with E-state index in [0.717, 1.165) is 5.56 Å². The van der Waals surface area contributed by atoms with E-state index in [0.29, 0.717) is 0 Å². The van der Waals surface area contributed by atoms with Crippen LogP contribution in [0, 0.1) is 0 Å². The number of primary amides is 3. The van der Waals surface area contributed by atoms with Gasteiger partial charge in [0.2, 0.25) is 29.5 Å². The third-order valence-corrected chi connectivity index (χ3v) is 4.29. The molecule has 3 atom stereocenters. The Morgan fingerprint density at radius 3 is 1.83 bits per heavy atom. The van der Waals surface area contributed by atoms with Gasteiger partial charge in [-0.25, -0.2) is 0 Å². The molecule has 5 amide bonds. The Balaban J connectivity index is 2.84. The Kier molecular flexibility index (Phi) is 9.97. The molecular formula is C19H28N6O5. The molecule has 11 heteroatoms. The molecule has 30 heavy (non-hydrogen) atoms. The van der Waals surface area contributed by atoms with E-state index in [1.54, 1.807) is 30.3 Å². The summed E-state index contributed by atoms with van der Waals surface area (Å²) in [7, 11) is 0. The maximum absolute atomic E-state index is 12.7. The molecule has 10 N–H and O–H groups in total. The summed E-state index contributed by atoms with van der Waals surface area (Å²) in [5.74, 6) is -3.47. The molecular weight excluding hydrogens is 392 g/mol. The first-order chi connectivity index (χ1) is 14.1. The molecule has 0 unspecified atom stereocenters. The second-order valence-electron chi connectivity index (χ2n) is 6.83. The molecule has 0 saturated carbocycles. The highest BCUT2D eigenvalue weighted by atomic mass is 16.2. The predicted octanol–water partition coefficient (Wildman–Crippen LogP) is -2.46. The fraction of sp³-hybridized carbons (Fsp3) is 0.421. The van der Waals surface area contributed by atoms with Crippen LogP contribution in [-0.2, 0) is 30.4 Å². The van der Waals surface area contributed by atoms with E-state index in [4.69, 9.17) is 22.9 Å². The van der Waals surface area contributed by atoms with Crippen LogP contribution in [0.5, 0.6) is 0 Å². The van der Waals surface area contributed by atoms with E-state index in [9.17, 15) is 24.0 Å². The zero-order valence-corrected chi connectivity index (χ0v) is 16.5. The fourth-order valence-electron chi connectivity index (χ4n) is 2.61. The Morgan fingerprint density at radius 2 is 1.30 bits per heavy atom. The van der Waals surface area contributed by atoms with Gasteiger partial charge >= 0.3 is 0 Å². The molecule has 0 aliphatic rings. The van der Waals surface area contributed by atoms with E-state index >= 15 is 0 Å². The van der Waals surface area contributed by atoms with E-state index < -0.39 is 47.7 Å². The number of nitrogens with one attached hydrogen (secondary N) is 2. The molecule has 1 aromatic rings. The molecule has 0 aliphatic heterocycles. The van der Waals surface area contributed by atoms with Gasteiger partial charge in [0.25, 0.3) is 0 Å². The summed E-state index contributed by atoms with van der Waals surface area (Å²) in [6.07, 6.45) is -0.256. The van der Waals surface area contributed by atoms with Crippen LogP contribution < -0.4 is 33.6 Å². The van der Waals surface area contributed by atoms with Crippen molar-refractivity contribution < 1.29 is 24.0 Å². The van der Waals surface area contributed by atoms with E-state index in [-0.39, 0.29) is 32.1 Å². The third-order valence-electron chi connectivity index (χ3n) is 4.29. The molecule has 164 valence electrons. The van der Waals surface area contributed by atoms with Gasteiger partial charge in [0.05, 0.1) is 6.04 Å². The smallest absolute Gasteiger partial charge is 0.243 e. The van der Waals surface area contributed by atoms with Crippen molar-refractivity contribution in [2.45, 2.75) is 50.2 Å². The molecule has 1 rings (SSSR count). The lowest BCUT2D eigenvalue weighted by Gasteiger charge is -2.23. The van der Waals surface area contributed by atoms with Gasteiger partial charge in [0, 0.05) is 19.3 Å². The van der Waals surface area contributed by atoms with Crippen molar-refractivity contribution in [1.82, 2.24) is 10.6 Å². The molecule has 1 aromatic carbocycles. The van der Waals surface area contributed by atoms with Crippen LogP contribution in [0.3, 0.4) is 0 Å². The number of rotatable bonds is 13. The molecule has 0 radical (unpaired) electrons. The van der Waals surface area contributed by atoms with Crippen LogP contribution in [0.2, 0.25) is 0 Å². The molecule has 0 spiro atoms. The van der Waals surface area contributed by atoms with Gasteiger partial charge < -0.3 is 33.6 Å². The molecule has 0 aromatic heterocycles. The van der Waals surface area contributed by atoms with Gasteiger partial charge in [0.15, 0.2) is 0 Å². The molecule has 0 fully saturated rings. The van der Waals surface area contributed by atoms with Crippen molar-refractivity contribution in [3.8, 4) is 0 Å². The zero-order chi connectivity index (χ0) is 22.7. The lowest BCUT2D eigenvalue weighted by Crippen LogP contribution is -2.56. The van der Waals surface area contributed by atoms with Crippen molar-refractivity contribution in [2.24, 2.45) is 22.9 Å². The number of carbonyl (C=O) groups excluding carboxylic acids is 5. The molecule has 11 nitrogen and oxygen atoms in total. The average Bonchev–Trinajstić information content (AvgIpc) is 2.68. The quantitative estimate of drug-likeness (QED) is 0.203. The maximum Gasteiger partial charge on any atom is 0.243 e. The van der Waals surface area contributed by atoms with Gasteiger partial charge in [-0.15, -0.1) is 0 Å². The second-order valence-corrected chi connectivity index (χ2v) is 6.83. The van der Waals surface area contributed by atoms with Gasteiger partial charge in [0.1, 0.15) is 12.1 Å². The van der Waals surface area contributed by atoms with Gasteiger partial charge in [-0.1, -0.05) is 30.3 Å². The van der Waals surface area contributed by atoms with Crippen molar-refractivity contribution in [3.63, 3.8) is 0 Å². The summed E-state index contributed by atoms with van der Waals surface area (Å²) in [6, 6.07) is 5.60. The summed E-state index contributed by atoms with van der Waals surface area (Å²) in [6.45, 7) is 0. The van der Waals surface area contributed by atoms with Crippen molar-refractivity contribution >= 4 is 29.5 Å². The Morgan fingerprint density at radius 1 is 0.767 bits per heavy atom. The van der Waals surface area contributed by atoms with E-state index in [2.05, 4.69) is 10.6 Å². The van der Waals surface area contributed by atoms with Crippen molar-refractivity contribution in [2.75, 3.05) is 0 Å². The van der Waals surface area contributed by atoms with Crippen molar-refractivity contribution in [3.05, 3.63) is 35.9 Å². The normalized spacial score (nSPS) is 13.5. The first-order valence-electron chi connectivity index (χ1n) is 9.36. The molecule has 0 aliphatic carbocycles. The summed E-state index contributed by atoms with van der Waals surface area (Å²) in [4.78, 5) is 58.7. The van der Waals surface area contributed by atoms with Crippen LogP contribution in [0.15, 0.2) is 30.3 Å². The largest absolute Gasteiger partial charge is 0.370 e. The van der Waals surface area contributed by atoms with Crippen molar-refractivity contribution in [1.29, 1.82) is 0 Å². The lowest BCUT2D eigenvalue weighted by molar-refractivity contribution is -0.132. The number of amides is 5. The van der Waals surface area contributed by atoms with E-state index in [1.807, 2.05) is 0 Å². The van der Waals surface area contributed by atoms with Crippen LogP contribution >= 0.6 is 0 Å². The number of hydrogen-bond acceptors (Lipinski definition) is 6. The monoisotopic (exact) mass is 420 g/mol. The number of benzene rings is 1. The van der Waals surface area contributed by atoms with Gasteiger partial charge in [-0.2, -0.15) is 0 Å². The predicted molar refractivity (Wildman–Crippen MR) is 108 cm³/mol. The first-order valence-corrected chi connectivity index (χ1v) is 9.36. The SMILES string of the molecule is NC(=O)CC[C@H](NC(=O)[C@@H](N)CCC(N)=O)C(=O)N[C@@H](Cc1ccccc1)C(N)=O. The molecule has 0 saturated heterocycles. The Labute approximate surface area is 173 Å². The van der Waals surface area contributed by atoms with Crippen LogP contribution in [0.1, 0.15) is 31.2 Å². The Hall–Kier alpha value is -3.47. The van der Waals surface area contributed by atoms with Gasteiger partial charge in [-0.3, -0.25) is 24.0 Å². The summed E-state index contributed by atoms with van der Waals surface area (Å²) in [5, 5.41) is 4.90. The number of hydrogen-bond donors (Lipinski definition) is 6. The lowest BCUT2D eigenvalue weighted by atomic mass is 10.0. The zero-order valence-electron chi connectivity index (χ0n) is 16.5. The minimum Gasteiger partial charge on any atom is -0.370 e.